The van der Waals surface area contributed by atoms with Crippen LogP contribution in [0.1, 0.15) is 27.4 Å². The van der Waals surface area contributed by atoms with Crippen molar-refractivity contribution in [3.63, 3.8) is 0 Å². The van der Waals surface area contributed by atoms with E-state index in [0.29, 0.717) is 28.6 Å². The van der Waals surface area contributed by atoms with Crippen molar-refractivity contribution in [3.8, 4) is 5.75 Å². The summed E-state index contributed by atoms with van der Waals surface area (Å²) in [5.41, 5.74) is 1.70. The van der Waals surface area contributed by atoms with Crippen molar-refractivity contribution >= 4 is 27.5 Å². The molecule has 3 aromatic rings. The predicted octanol–water partition coefficient (Wildman–Crippen LogP) is 3.67. The van der Waals surface area contributed by atoms with Gasteiger partial charge in [0.2, 0.25) is 10.0 Å². The summed E-state index contributed by atoms with van der Waals surface area (Å²) >= 11 is 5.92. The van der Waals surface area contributed by atoms with E-state index in [-0.39, 0.29) is 42.7 Å². The number of amides is 1. The molecule has 0 atom stereocenters. The number of aromatic nitrogens is 1. The number of hydrogen-bond acceptors (Lipinski definition) is 6. The molecule has 1 saturated heterocycles. The van der Waals surface area contributed by atoms with Crippen molar-refractivity contribution in [1.29, 1.82) is 0 Å². The maximum atomic E-state index is 13.2. The van der Waals surface area contributed by atoms with Gasteiger partial charge in [-0.25, -0.2) is 8.42 Å². The van der Waals surface area contributed by atoms with Crippen molar-refractivity contribution in [1.82, 2.24) is 14.4 Å². The number of benzene rings is 2. The van der Waals surface area contributed by atoms with E-state index < -0.39 is 10.0 Å². The predicted molar refractivity (Wildman–Crippen MR) is 123 cm³/mol. The van der Waals surface area contributed by atoms with Crippen LogP contribution in [0.4, 0.5) is 0 Å². The summed E-state index contributed by atoms with van der Waals surface area (Å²) in [6.45, 7) is 4.39. The molecule has 33 heavy (non-hydrogen) atoms. The second-order valence-corrected chi connectivity index (χ2v) is 10.1. The number of carbonyl (C=O) groups is 1. The molecule has 8 nitrogen and oxygen atoms in total. The van der Waals surface area contributed by atoms with Gasteiger partial charge in [0, 0.05) is 31.2 Å². The Balaban J connectivity index is 1.43. The zero-order valence-electron chi connectivity index (χ0n) is 18.3. The Morgan fingerprint density at radius 3 is 2.36 bits per heavy atom. The van der Waals surface area contributed by atoms with Crippen LogP contribution in [-0.4, -0.2) is 54.9 Å². The average Bonchev–Trinajstić information content (AvgIpc) is 3.17. The number of halogens is 1. The lowest BCUT2D eigenvalue weighted by atomic mass is 10.1. The Kier molecular flexibility index (Phi) is 6.73. The molecular formula is C23H24ClN3O5S. The molecule has 2 heterocycles. The SMILES string of the molecule is Cc1noc(C)c1S(=O)(=O)N1CCN(C(=O)c2ccccc2OCc2ccc(Cl)cc2)CC1. The molecule has 0 aliphatic carbocycles. The molecule has 1 amide bonds. The second kappa shape index (κ2) is 9.54. The largest absolute Gasteiger partial charge is 0.488 e. The minimum Gasteiger partial charge on any atom is -0.488 e. The molecule has 0 N–H and O–H groups in total. The molecule has 1 aromatic heterocycles. The summed E-state index contributed by atoms with van der Waals surface area (Å²) in [6.07, 6.45) is 0. The van der Waals surface area contributed by atoms with Crippen LogP contribution < -0.4 is 4.74 Å². The molecule has 0 radical (unpaired) electrons. The summed E-state index contributed by atoms with van der Waals surface area (Å²) in [4.78, 5) is 14.9. The van der Waals surface area contributed by atoms with E-state index in [2.05, 4.69) is 5.16 Å². The first-order valence-corrected chi connectivity index (χ1v) is 12.3. The molecule has 1 aliphatic heterocycles. The van der Waals surface area contributed by atoms with Gasteiger partial charge in [-0.1, -0.05) is 41.0 Å². The van der Waals surface area contributed by atoms with E-state index in [1.165, 1.54) is 4.31 Å². The van der Waals surface area contributed by atoms with Crippen molar-refractivity contribution in [2.75, 3.05) is 26.2 Å². The lowest BCUT2D eigenvalue weighted by Gasteiger charge is -2.34. The van der Waals surface area contributed by atoms with Gasteiger partial charge in [-0.3, -0.25) is 4.79 Å². The van der Waals surface area contributed by atoms with Crippen LogP contribution in [0.2, 0.25) is 5.02 Å². The van der Waals surface area contributed by atoms with Crippen LogP contribution in [-0.2, 0) is 16.6 Å². The van der Waals surface area contributed by atoms with Crippen LogP contribution in [0, 0.1) is 13.8 Å². The standard InChI is InChI=1S/C23H24ClN3O5S/c1-16-22(17(2)32-25-16)33(29,30)27-13-11-26(12-14-27)23(28)20-5-3-4-6-21(20)31-15-18-7-9-19(24)10-8-18/h3-10H,11-15H2,1-2H3. The molecule has 2 aromatic carbocycles. The number of rotatable bonds is 6. The van der Waals surface area contributed by atoms with Gasteiger partial charge >= 0.3 is 0 Å². The van der Waals surface area contributed by atoms with E-state index in [1.54, 1.807) is 49.1 Å². The normalized spacial score (nSPS) is 14.9. The Labute approximate surface area is 197 Å². The van der Waals surface area contributed by atoms with Crippen molar-refractivity contribution in [2.24, 2.45) is 0 Å². The average molecular weight is 490 g/mol. The first-order chi connectivity index (χ1) is 15.8. The lowest BCUT2D eigenvalue weighted by molar-refractivity contribution is 0.0693. The number of carbonyl (C=O) groups excluding carboxylic acids is 1. The summed E-state index contributed by atoms with van der Waals surface area (Å²) in [5.74, 6) is 0.539. The first-order valence-electron chi connectivity index (χ1n) is 10.5. The summed E-state index contributed by atoms with van der Waals surface area (Å²) in [6, 6.07) is 14.4. The van der Waals surface area contributed by atoms with Crippen LogP contribution in [0.3, 0.4) is 0 Å². The number of hydrogen-bond donors (Lipinski definition) is 0. The second-order valence-electron chi connectivity index (χ2n) is 7.76. The third kappa shape index (κ3) is 4.90. The fraction of sp³-hybridized carbons (Fsp3) is 0.304. The number of nitrogens with zero attached hydrogens (tertiary/aromatic N) is 3. The minimum absolute atomic E-state index is 0.100. The van der Waals surface area contributed by atoms with Gasteiger partial charge in [-0.15, -0.1) is 0 Å². The Morgan fingerprint density at radius 1 is 1.06 bits per heavy atom. The zero-order valence-corrected chi connectivity index (χ0v) is 19.9. The van der Waals surface area contributed by atoms with Crippen molar-refractivity contribution < 1.29 is 22.5 Å². The van der Waals surface area contributed by atoms with Crippen LogP contribution in [0.15, 0.2) is 57.9 Å². The number of ether oxygens (including phenoxy) is 1. The molecule has 174 valence electrons. The molecule has 1 aliphatic rings. The molecular weight excluding hydrogens is 466 g/mol. The molecule has 0 unspecified atom stereocenters. The van der Waals surface area contributed by atoms with Crippen LogP contribution >= 0.6 is 11.6 Å². The summed E-state index contributed by atoms with van der Waals surface area (Å²) in [5, 5.41) is 4.39. The lowest BCUT2D eigenvalue weighted by Crippen LogP contribution is -2.50. The monoisotopic (exact) mass is 489 g/mol. The van der Waals surface area contributed by atoms with E-state index in [9.17, 15) is 13.2 Å². The molecule has 1 fully saturated rings. The quantitative estimate of drug-likeness (QED) is 0.524. The third-order valence-corrected chi connectivity index (χ3v) is 7.91. The summed E-state index contributed by atoms with van der Waals surface area (Å²) in [7, 11) is -3.74. The summed E-state index contributed by atoms with van der Waals surface area (Å²) < 4.78 is 38.4. The third-order valence-electron chi connectivity index (χ3n) is 5.52. The van der Waals surface area contributed by atoms with Crippen molar-refractivity contribution in [3.05, 3.63) is 76.1 Å². The topological polar surface area (TPSA) is 93.0 Å². The van der Waals surface area contributed by atoms with Gasteiger partial charge in [-0.2, -0.15) is 4.31 Å². The van der Waals surface area contributed by atoms with E-state index in [1.807, 2.05) is 18.2 Å². The molecule has 0 saturated carbocycles. The van der Waals surface area contributed by atoms with E-state index >= 15 is 0 Å². The van der Waals surface area contributed by atoms with Gasteiger partial charge in [0.1, 0.15) is 22.9 Å². The number of sulfonamides is 1. The van der Waals surface area contributed by atoms with Crippen molar-refractivity contribution in [2.45, 2.75) is 25.3 Å². The maximum absolute atomic E-state index is 13.2. The fourth-order valence-corrected chi connectivity index (χ4v) is 5.62. The highest BCUT2D eigenvalue weighted by Gasteiger charge is 2.34. The molecule has 4 rings (SSSR count). The Hall–Kier alpha value is -2.88. The number of para-hydroxylation sites is 1. The van der Waals surface area contributed by atoms with Crippen LogP contribution in [0.5, 0.6) is 5.75 Å². The number of aryl methyl sites for hydroxylation is 2. The highest BCUT2D eigenvalue weighted by atomic mass is 35.5. The highest BCUT2D eigenvalue weighted by Crippen LogP contribution is 2.26. The van der Waals surface area contributed by atoms with Gasteiger partial charge in [-0.05, 0) is 43.7 Å². The molecule has 0 bridgehead atoms. The fourth-order valence-electron chi connectivity index (χ4n) is 3.78. The number of piperazine rings is 1. The first kappa shape index (κ1) is 23.3. The van der Waals surface area contributed by atoms with Gasteiger partial charge in [0.05, 0.1) is 5.56 Å². The Bertz CT molecular complexity index is 1230. The van der Waals surface area contributed by atoms with Gasteiger partial charge < -0.3 is 14.2 Å². The smallest absolute Gasteiger partial charge is 0.257 e. The van der Waals surface area contributed by atoms with Gasteiger partial charge in [0.15, 0.2) is 5.76 Å². The maximum Gasteiger partial charge on any atom is 0.257 e. The van der Waals surface area contributed by atoms with Crippen LogP contribution in [0.25, 0.3) is 0 Å². The van der Waals surface area contributed by atoms with Gasteiger partial charge in [0.25, 0.3) is 5.91 Å². The molecule has 0 spiro atoms. The van der Waals surface area contributed by atoms with E-state index in [0.717, 1.165) is 5.56 Å². The molecule has 10 heteroatoms. The highest BCUT2D eigenvalue weighted by molar-refractivity contribution is 7.89. The minimum atomic E-state index is -3.74. The van der Waals surface area contributed by atoms with E-state index in [4.69, 9.17) is 20.9 Å². The zero-order chi connectivity index (χ0) is 23.6. The Morgan fingerprint density at radius 2 is 1.73 bits per heavy atom.